The number of carbonyl (C=O) groups is 2. The number of hydrogen-bond acceptors (Lipinski definition) is 9. The number of hydrogen-bond donors (Lipinski definition) is 2. The van der Waals surface area contributed by atoms with Crippen molar-refractivity contribution in [3.63, 3.8) is 0 Å². The quantitative estimate of drug-likeness (QED) is 0.171. The molecular weight excluding hydrogens is 496 g/mol. The van der Waals surface area contributed by atoms with Gasteiger partial charge in [0.1, 0.15) is 13.2 Å². The lowest BCUT2D eigenvalue weighted by Gasteiger charge is -2.15. The molecule has 0 bridgehead atoms. The van der Waals surface area contributed by atoms with Crippen LogP contribution in [0.5, 0.6) is 0 Å². The minimum Gasteiger partial charge on any atom is -0.457 e. The minimum absolute atomic E-state index is 0.0533. The van der Waals surface area contributed by atoms with E-state index in [1.807, 2.05) is 12.1 Å². The van der Waals surface area contributed by atoms with Crippen molar-refractivity contribution in [3.05, 3.63) is 105 Å². The third-order valence-corrected chi connectivity index (χ3v) is 6.65. The number of esters is 1. The fourth-order valence-electron chi connectivity index (χ4n) is 3.67. The molecule has 0 aliphatic heterocycles. The minimum atomic E-state index is -0.839. The Morgan fingerprint density at radius 3 is 2.49 bits per heavy atom. The maximum absolute atomic E-state index is 12.9. The van der Waals surface area contributed by atoms with Gasteiger partial charge in [-0.1, -0.05) is 36.4 Å². The molecule has 4 rings (SSSR count). The third kappa shape index (κ3) is 6.87. The number of aromatic nitrogens is 1. The lowest BCUT2D eigenvalue weighted by molar-refractivity contribution is -0.757. The lowest BCUT2D eigenvalue weighted by Crippen LogP contribution is -2.27. The number of carbonyl (C=O) groups excluding carboxylic acids is 2. The zero-order valence-corrected chi connectivity index (χ0v) is 20.5. The molecular formula is C26H24N4O6S. The summed E-state index contributed by atoms with van der Waals surface area (Å²) < 4.78 is 6.37. The molecule has 37 heavy (non-hydrogen) atoms. The van der Waals surface area contributed by atoms with Crippen molar-refractivity contribution in [1.29, 1.82) is 0 Å². The Kier molecular flexibility index (Phi) is 8.39. The predicted octanol–water partition coefficient (Wildman–Crippen LogP) is 4.09. The Balaban J connectivity index is 1.30. The number of rotatable bonds is 11. The molecule has 2 aromatic carbocycles. The summed E-state index contributed by atoms with van der Waals surface area (Å²) in [5, 5.41) is 14.1. The zero-order chi connectivity index (χ0) is 26.2. The van der Waals surface area contributed by atoms with Crippen LogP contribution in [0.25, 0.3) is 10.1 Å². The molecule has 0 spiro atoms. The molecule has 0 fully saturated rings. The van der Waals surface area contributed by atoms with Gasteiger partial charge < -0.3 is 20.6 Å². The van der Waals surface area contributed by atoms with Gasteiger partial charge in [-0.2, -0.15) is 0 Å². The van der Waals surface area contributed by atoms with Crippen LogP contribution in [-0.2, 0) is 27.4 Å². The number of nitrogens with one attached hydrogen (secondary N) is 1. The normalized spacial score (nSPS) is 11.6. The average Bonchev–Trinajstić information content (AvgIpc) is 3.31. The molecule has 0 aliphatic carbocycles. The number of fused-ring (bicyclic) bond motifs is 1. The topological polar surface area (TPSA) is 147 Å². The fraction of sp³-hybridized carbons (Fsp3) is 0.192. The molecule has 0 radical (unpaired) electrons. The summed E-state index contributed by atoms with van der Waals surface area (Å²) in [6, 6.07) is 17.6. The second kappa shape index (κ2) is 12.1. The van der Waals surface area contributed by atoms with Crippen molar-refractivity contribution < 1.29 is 24.3 Å². The van der Waals surface area contributed by atoms with E-state index in [0.717, 1.165) is 31.8 Å². The van der Waals surface area contributed by atoms with Gasteiger partial charge in [-0.15, -0.1) is 21.5 Å². The highest BCUT2D eigenvalue weighted by molar-refractivity contribution is 7.22. The summed E-state index contributed by atoms with van der Waals surface area (Å²) in [7, 11) is 0. The van der Waals surface area contributed by atoms with E-state index in [1.165, 1.54) is 11.3 Å². The Hall–Kier alpha value is -4.35. The van der Waals surface area contributed by atoms with E-state index in [9.17, 15) is 19.7 Å². The number of pyridine rings is 1. The summed E-state index contributed by atoms with van der Waals surface area (Å²) >= 11 is 1.45. The van der Waals surface area contributed by atoms with E-state index in [-0.39, 0.29) is 25.7 Å². The number of nitrogens with zero attached hydrogens (tertiary/aromatic N) is 2. The molecule has 0 unspecified atom stereocenters. The van der Waals surface area contributed by atoms with Gasteiger partial charge in [-0.3, -0.25) is 9.78 Å². The summed E-state index contributed by atoms with van der Waals surface area (Å²) in [4.78, 5) is 43.9. The highest BCUT2D eigenvalue weighted by Crippen LogP contribution is 2.30. The van der Waals surface area contributed by atoms with Gasteiger partial charge in [0.25, 0.3) is 5.09 Å². The molecule has 2 heterocycles. The van der Waals surface area contributed by atoms with Crippen LogP contribution in [-0.4, -0.2) is 35.1 Å². The average molecular weight is 521 g/mol. The summed E-state index contributed by atoms with van der Waals surface area (Å²) in [5.41, 5.74) is 8.60. The molecule has 1 amide bonds. The van der Waals surface area contributed by atoms with E-state index in [4.69, 9.17) is 10.5 Å². The summed E-state index contributed by atoms with van der Waals surface area (Å²) in [6.07, 6.45) is 3.82. The lowest BCUT2D eigenvalue weighted by atomic mass is 9.97. The van der Waals surface area contributed by atoms with Crippen LogP contribution in [0, 0.1) is 10.1 Å². The van der Waals surface area contributed by atoms with Crippen molar-refractivity contribution in [2.45, 2.75) is 18.9 Å². The second-order valence-corrected chi connectivity index (χ2v) is 9.21. The van der Waals surface area contributed by atoms with Crippen LogP contribution in [0.2, 0.25) is 0 Å². The Morgan fingerprint density at radius 1 is 1.08 bits per heavy atom. The van der Waals surface area contributed by atoms with Crippen molar-refractivity contribution >= 4 is 38.3 Å². The molecule has 2 aromatic heterocycles. The van der Waals surface area contributed by atoms with Crippen LogP contribution < -0.4 is 11.1 Å². The molecule has 1 atom stereocenters. The van der Waals surface area contributed by atoms with E-state index < -0.39 is 17.0 Å². The van der Waals surface area contributed by atoms with Gasteiger partial charge in [0, 0.05) is 18.9 Å². The van der Waals surface area contributed by atoms with Crippen LogP contribution in [0.1, 0.15) is 33.0 Å². The van der Waals surface area contributed by atoms with Gasteiger partial charge in [-0.05, 0) is 52.8 Å². The SMILES string of the molecule is NC[C@@H](C(=O)Nc1cc2ccncc2s1)c1ccc(COC(=O)c2ccc(CCO[N+](=O)[O-])cc2)cc1. The zero-order valence-electron chi connectivity index (χ0n) is 19.7. The fourth-order valence-corrected chi connectivity index (χ4v) is 4.61. The molecule has 190 valence electrons. The number of thiophene rings is 1. The highest BCUT2D eigenvalue weighted by Gasteiger charge is 2.20. The van der Waals surface area contributed by atoms with Crippen molar-refractivity contribution in [2.24, 2.45) is 5.73 Å². The van der Waals surface area contributed by atoms with Gasteiger partial charge in [0.15, 0.2) is 0 Å². The number of anilines is 1. The third-order valence-electron chi connectivity index (χ3n) is 5.65. The largest absolute Gasteiger partial charge is 0.457 e. The van der Waals surface area contributed by atoms with Crippen LogP contribution in [0.3, 0.4) is 0 Å². The van der Waals surface area contributed by atoms with Crippen molar-refractivity contribution in [3.8, 4) is 0 Å². The maximum Gasteiger partial charge on any atom is 0.338 e. The van der Waals surface area contributed by atoms with E-state index in [2.05, 4.69) is 15.1 Å². The molecule has 0 aliphatic rings. The summed E-state index contributed by atoms with van der Waals surface area (Å²) in [5.74, 6) is -1.22. The van der Waals surface area contributed by atoms with Gasteiger partial charge in [0.2, 0.25) is 5.91 Å². The predicted molar refractivity (Wildman–Crippen MR) is 139 cm³/mol. The molecule has 11 heteroatoms. The number of benzene rings is 2. The second-order valence-electron chi connectivity index (χ2n) is 8.12. The molecule has 0 saturated carbocycles. The number of amides is 1. The van der Waals surface area contributed by atoms with Gasteiger partial charge in [0.05, 0.1) is 21.2 Å². The smallest absolute Gasteiger partial charge is 0.338 e. The first-order valence-corrected chi connectivity index (χ1v) is 12.2. The number of nitrogens with two attached hydrogens (primary N) is 1. The highest BCUT2D eigenvalue weighted by atomic mass is 32.1. The molecule has 3 N–H and O–H groups in total. The van der Waals surface area contributed by atoms with E-state index >= 15 is 0 Å². The molecule has 10 nitrogen and oxygen atoms in total. The molecule has 0 saturated heterocycles. The maximum atomic E-state index is 12.9. The number of ether oxygens (including phenoxy) is 1. The van der Waals surface area contributed by atoms with Crippen molar-refractivity contribution in [2.75, 3.05) is 18.5 Å². The summed E-state index contributed by atoms with van der Waals surface area (Å²) in [6.45, 7) is 0.149. The Morgan fingerprint density at radius 2 is 1.81 bits per heavy atom. The first kappa shape index (κ1) is 25.7. The Labute approximate surface area is 216 Å². The molecule has 4 aromatic rings. The monoisotopic (exact) mass is 520 g/mol. The van der Waals surface area contributed by atoms with Crippen molar-refractivity contribution in [1.82, 2.24) is 4.98 Å². The van der Waals surface area contributed by atoms with Crippen LogP contribution >= 0.6 is 11.3 Å². The first-order valence-electron chi connectivity index (χ1n) is 11.4. The standard InChI is InChI=1S/C26H24N4O6S/c27-14-22(25(31)29-24-13-21-9-11-28-15-23(21)37-24)19-5-3-18(4-6-19)16-35-26(32)20-7-1-17(2-8-20)10-12-36-30(33)34/h1-9,11,13,15,22H,10,12,14,16,27H2,(H,29,31)/t22-/m1/s1. The van der Waals surface area contributed by atoms with Gasteiger partial charge in [-0.25, -0.2) is 4.79 Å². The van der Waals surface area contributed by atoms with Crippen LogP contribution in [0.15, 0.2) is 73.1 Å². The van der Waals surface area contributed by atoms with Crippen LogP contribution in [0.4, 0.5) is 5.00 Å². The first-order chi connectivity index (χ1) is 17.9. The van der Waals surface area contributed by atoms with E-state index in [0.29, 0.717) is 12.0 Å². The Bertz CT molecular complexity index is 1360. The van der Waals surface area contributed by atoms with E-state index in [1.54, 1.807) is 60.9 Å². The van der Waals surface area contributed by atoms with Gasteiger partial charge >= 0.3 is 5.97 Å².